The predicted molar refractivity (Wildman–Crippen MR) is 80.9 cm³/mol. The fourth-order valence-corrected chi connectivity index (χ4v) is 2.38. The van der Waals surface area contributed by atoms with Gasteiger partial charge in [-0.2, -0.15) is 0 Å². The number of nitrogens with two attached hydrogens (primary N) is 1. The van der Waals surface area contributed by atoms with E-state index >= 15 is 0 Å². The lowest BCUT2D eigenvalue weighted by Gasteiger charge is -2.08. The molecule has 118 valence electrons. The molecule has 1 aromatic rings. The van der Waals surface area contributed by atoms with Crippen molar-refractivity contribution < 1.29 is 22.7 Å². The van der Waals surface area contributed by atoms with E-state index in [4.69, 9.17) is 15.2 Å². The number of anilines is 1. The van der Waals surface area contributed by atoms with Gasteiger partial charge in [-0.1, -0.05) is 19.1 Å². The first-order valence-corrected chi connectivity index (χ1v) is 8.60. The Morgan fingerprint density at radius 2 is 1.95 bits per heavy atom. The Morgan fingerprint density at radius 3 is 2.62 bits per heavy atom. The minimum atomic E-state index is -3.01. The third-order valence-electron chi connectivity index (χ3n) is 2.79. The highest BCUT2D eigenvalue weighted by molar-refractivity contribution is 7.91. The van der Waals surface area contributed by atoms with Crippen molar-refractivity contribution in [2.24, 2.45) is 0 Å². The number of carbonyl (C=O) groups is 1. The van der Waals surface area contributed by atoms with E-state index in [1.165, 1.54) is 0 Å². The van der Waals surface area contributed by atoms with Crippen LogP contribution < -0.4 is 10.5 Å². The van der Waals surface area contributed by atoms with Crippen molar-refractivity contribution in [2.75, 3.05) is 30.5 Å². The third kappa shape index (κ3) is 6.99. The highest BCUT2D eigenvalue weighted by atomic mass is 32.2. The Bertz CT molecular complexity index is 556. The Balaban J connectivity index is 2.16. The molecule has 0 unspecified atom stereocenters. The standard InChI is InChI=1S/C14H21NO5S/c1-2-21(17,18)11-5-9-20-14(16)8-10-19-13-7-4-3-6-12(13)15/h3-4,6-7H,2,5,8-11,15H2,1H3. The van der Waals surface area contributed by atoms with Gasteiger partial charge in [-0.25, -0.2) is 8.42 Å². The summed E-state index contributed by atoms with van der Waals surface area (Å²) in [5, 5.41) is 0. The van der Waals surface area contributed by atoms with Gasteiger partial charge in [0.2, 0.25) is 0 Å². The topological polar surface area (TPSA) is 95.7 Å². The van der Waals surface area contributed by atoms with Crippen LogP contribution in [0.4, 0.5) is 5.69 Å². The monoisotopic (exact) mass is 315 g/mol. The first-order valence-electron chi connectivity index (χ1n) is 6.78. The van der Waals surface area contributed by atoms with Crippen LogP contribution >= 0.6 is 0 Å². The smallest absolute Gasteiger partial charge is 0.309 e. The summed E-state index contributed by atoms with van der Waals surface area (Å²) in [6.07, 6.45) is 0.406. The van der Waals surface area contributed by atoms with Gasteiger partial charge in [0.15, 0.2) is 0 Å². The van der Waals surface area contributed by atoms with Gasteiger partial charge in [-0.15, -0.1) is 0 Å². The molecule has 0 heterocycles. The average Bonchev–Trinajstić information content (AvgIpc) is 2.46. The molecule has 0 aromatic heterocycles. The van der Waals surface area contributed by atoms with Crippen LogP contribution in [0.3, 0.4) is 0 Å². The van der Waals surface area contributed by atoms with Gasteiger partial charge >= 0.3 is 5.97 Å². The summed E-state index contributed by atoms with van der Waals surface area (Å²) in [5.41, 5.74) is 6.20. The number of benzene rings is 1. The Kier molecular flexibility index (Phi) is 7.01. The summed E-state index contributed by atoms with van der Waals surface area (Å²) in [6, 6.07) is 7.01. The number of esters is 1. The maximum atomic E-state index is 11.4. The zero-order valence-electron chi connectivity index (χ0n) is 12.1. The highest BCUT2D eigenvalue weighted by Crippen LogP contribution is 2.19. The number of nitrogen functional groups attached to an aromatic ring is 1. The van der Waals surface area contributed by atoms with Crippen LogP contribution in [0.1, 0.15) is 19.8 Å². The van der Waals surface area contributed by atoms with Crippen LogP contribution in [0, 0.1) is 0 Å². The molecule has 0 radical (unpaired) electrons. The van der Waals surface area contributed by atoms with Gasteiger partial charge in [0.25, 0.3) is 0 Å². The molecular weight excluding hydrogens is 294 g/mol. The van der Waals surface area contributed by atoms with Crippen LogP contribution in [0.25, 0.3) is 0 Å². The lowest BCUT2D eigenvalue weighted by molar-refractivity contribution is -0.144. The molecule has 0 aliphatic carbocycles. The molecule has 0 fully saturated rings. The third-order valence-corrected chi connectivity index (χ3v) is 4.58. The van der Waals surface area contributed by atoms with Crippen LogP contribution in [0.5, 0.6) is 5.75 Å². The molecule has 1 aromatic carbocycles. The van der Waals surface area contributed by atoms with Gasteiger partial charge in [-0.05, 0) is 18.6 Å². The largest absolute Gasteiger partial charge is 0.491 e. The lowest BCUT2D eigenvalue weighted by atomic mass is 10.3. The summed E-state index contributed by atoms with van der Waals surface area (Å²) in [7, 11) is -3.01. The van der Waals surface area contributed by atoms with Crippen molar-refractivity contribution in [3.8, 4) is 5.75 Å². The molecule has 7 heteroatoms. The van der Waals surface area contributed by atoms with Crippen molar-refractivity contribution in [3.63, 3.8) is 0 Å². The van der Waals surface area contributed by atoms with E-state index in [0.29, 0.717) is 17.9 Å². The molecule has 0 amide bonds. The fraction of sp³-hybridized carbons (Fsp3) is 0.500. The second-order valence-corrected chi connectivity index (χ2v) is 6.92. The van der Waals surface area contributed by atoms with Crippen LogP contribution in [0.15, 0.2) is 24.3 Å². The van der Waals surface area contributed by atoms with E-state index in [2.05, 4.69) is 0 Å². The van der Waals surface area contributed by atoms with Gasteiger partial charge in [-0.3, -0.25) is 4.79 Å². The summed E-state index contributed by atoms with van der Waals surface area (Å²) in [6.45, 7) is 1.86. The van der Waals surface area contributed by atoms with E-state index in [0.717, 1.165) is 0 Å². The van der Waals surface area contributed by atoms with Crippen LogP contribution in [-0.2, 0) is 19.4 Å². The number of carbonyl (C=O) groups excluding carboxylic acids is 1. The number of hydrogen-bond acceptors (Lipinski definition) is 6. The zero-order valence-corrected chi connectivity index (χ0v) is 12.9. The van der Waals surface area contributed by atoms with Crippen molar-refractivity contribution in [3.05, 3.63) is 24.3 Å². The van der Waals surface area contributed by atoms with E-state index in [1.807, 2.05) is 0 Å². The molecule has 1 rings (SSSR count). The number of ether oxygens (including phenoxy) is 2. The lowest BCUT2D eigenvalue weighted by Crippen LogP contribution is -2.14. The zero-order chi connectivity index (χ0) is 15.7. The molecule has 6 nitrogen and oxygen atoms in total. The second-order valence-electron chi connectivity index (χ2n) is 4.45. The summed E-state index contributed by atoms with van der Waals surface area (Å²) in [5.74, 6) is 0.249. The Labute approximate surface area is 125 Å². The second kappa shape index (κ2) is 8.51. The number of hydrogen-bond donors (Lipinski definition) is 1. The number of rotatable bonds is 9. The van der Waals surface area contributed by atoms with E-state index in [1.54, 1.807) is 31.2 Å². The summed E-state index contributed by atoms with van der Waals surface area (Å²) in [4.78, 5) is 11.4. The van der Waals surface area contributed by atoms with Crippen molar-refractivity contribution >= 4 is 21.5 Å². The molecule has 0 saturated carbocycles. The molecule has 0 atom stereocenters. The van der Waals surface area contributed by atoms with Gasteiger partial charge < -0.3 is 15.2 Å². The van der Waals surface area contributed by atoms with Crippen molar-refractivity contribution in [1.29, 1.82) is 0 Å². The average molecular weight is 315 g/mol. The molecule has 0 spiro atoms. The number of sulfone groups is 1. The highest BCUT2D eigenvalue weighted by Gasteiger charge is 2.08. The Morgan fingerprint density at radius 1 is 1.24 bits per heavy atom. The van der Waals surface area contributed by atoms with Crippen LogP contribution in [0.2, 0.25) is 0 Å². The van der Waals surface area contributed by atoms with Crippen LogP contribution in [-0.4, -0.2) is 39.1 Å². The SMILES string of the molecule is CCS(=O)(=O)CCCOC(=O)CCOc1ccccc1N. The first kappa shape index (κ1) is 17.3. The molecule has 2 N–H and O–H groups in total. The summed E-state index contributed by atoms with van der Waals surface area (Å²) >= 11 is 0. The molecule has 0 bridgehead atoms. The van der Waals surface area contributed by atoms with Crippen molar-refractivity contribution in [1.82, 2.24) is 0 Å². The van der Waals surface area contributed by atoms with Gasteiger partial charge in [0.1, 0.15) is 15.6 Å². The fourth-order valence-electron chi connectivity index (χ4n) is 1.54. The normalized spacial score (nSPS) is 11.1. The minimum Gasteiger partial charge on any atom is -0.491 e. The molecule has 0 saturated heterocycles. The quantitative estimate of drug-likeness (QED) is 0.420. The summed E-state index contributed by atoms with van der Waals surface area (Å²) < 4.78 is 32.8. The van der Waals surface area contributed by atoms with E-state index in [9.17, 15) is 13.2 Å². The number of para-hydroxylation sites is 2. The van der Waals surface area contributed by atoms with E-state index in [-0.39, 0.29) is 31.1 Å². The maximum absolute atomic E-state index is 11.4. The molecule has 0 aliphatic heterocycles. The van der Waals surface area contributed by atoms with Gasteiger partial charge in [0.05, 0.1) is 31.1 Å². The molecule has 21 heavy (non-hydrogen) atoms. The first-order chi connectivity index (χ1) is 9.94. The molecule has 0 aliphatic rings. The minimum absolute atomic E-state index is 0.0355. The maximum Gasteiger partial charge on any atom is 0.309 e. The van der Waals surface area contributed by atoms with Gasteiger partial charge in [0, 0.05) is 5.75 Å². The van der Waals surface area contributed by atoms with Crippen molar-refractivity contribution in [2.45, 2.75) is 19.8 Å². The Hall–Kier alpha value is -1.76. The van der Waals surface area contributed by atoms with E-state index < -0.39 is 15.8 Å². The molecular formula is C14H21NO5S. The predicted octanol–water partition coefficient (Wildman–Crippen LogP) is 1.41.